The maximum absolute atomic E-state index is 13.0. The molecule has 126 valence electrons. The van der Waals surface area contributed by atoms with Gasteiger partial charge in [0, 0.05) is 16.7 Å². The Kier molecular flexibility index (Phi) is 5.35. The molecule has 1 aromatic heterocycles. The quantitative estimate of drug-likeness (QED) is 0.846. The van der Waals surface area contributed by atoms with E-state index in [0.29, 0.717) is 5.69 Å². The van der Waals surface area contributed by atoms with Gasteiger partial charge in [-0.2, -0.15) is 5.10 Å². The van der Waals surface area contributed by atoms with Gasteiger partial charge < -0.3 is 0 Å². The van der Waals surface area contributed by atoms with E-state index in [9.17, 15) is 9.18 Å². The van der Waals surface area contributed by atoms with Gasteiger partial charge in [0.2, 0.25) is 5.91 Å². The molecule has 1 aliphatic carbocycles. The molecule has 0 spiro atoms. The molecule has 1 saturated carbocycles. The number of nitrogens with one attached hydrogen (secondary N) is 1. The molecule has 1 heterocycles. The molecule has 1 amide bonds. The van der Waals surface area contributed by atoms with Crippen LogP contribution in [-0.2, 0) is 11.2 Å². The highest BCUT2D eigenvalue weighted by molar-refractivity contribution is 7.13. The molecule has 0 saturated heterocycles. The van der Waals surface area contributed by atoms with Gasteiger partial charge in [0.05, 0.1) is 12.1 Å². The number of carbonyl (C=O) groups is 1. The molecular formula is C18H20FN3OS. The molecule has 1 aromatic carbocycles. The Balaban J connectivity index is 1.55. The predicted octanol–water partition coefficient (Wildman–Crippen LogP) is 4.17. The first-order chi connectivity index (χ1) is 11.6. The molecule has 4 nitrogen and oxygen atoms in total. The molecule has 0 radical (unpaired) electrons. The zero-order chi connectivity index (χ0) is 16.9. The monoisotopic (exact) mass is 345 g/mol. The fourth-order valence-corrected chi connectivity index (χ4v) is 3.49. The van der Waals surface area contributed by atoms with Crippen molar-refractivity contribution in [1.82, 2.24) is 10.4 Å². The van der Waals surface area contributed by atoms with Crippen molar-refractivity contribution in [2.45, 2.75) is 39.0 Å². The summed E-state index contributed by atoms with van der Waals surface area (Å²) in [5.41, 5.74) is 5.27. The minimum atomic E-state index is -0.272. The zero-order valence-electron chi connectivity index (χ0n) is 13.6. The van der Waals surface area contributed by atoms with Crippen LogP contribution >= 0.6 is 11.3 Å². The molecule has 24 heavy (non-hydrogen) atoms. The number of hydrogen-bond acceptors (Lipinski definition) is 4. The number of benzene rings is 1. The minimum Gasteiger partial charge on any atom is -0.273 e. The van der Waals surface area contributed by atoms with E-state index in [1.807, 2.05) is 5.38 Å². The van der Waals surface area contributed by atoms with E-state index in [1.54, 1.807) is 12.1 Å². The van der Waals surface area contributed by atoms with E-state index in [1.165, 1.54) is 23.5 Å². The van der Waals surface area contributed by atoms with Gasteiger partial charge in [-0.15, -0.1) is 11.3 Å². The van der Waals surface area contributed by atoms with Crippen molar-refractivity contribution < 1.29 is 9.18 Å². The Labute approximate surface area is 144 Å². The summed E-state index contributed by atoms with van der Waals surface area (Å²) < 4.78 is 13.0. The molecule has 1 aliphatic rings. The second-order valence-corrected chi connectivity index (χ2v) is 7.08. The third-order valence-electron chi connectivity index (χ3n) is 4.17. The molecule has 2 aromatic rings. The molecule has 1 fully saturated rings. The van der Waals surface area contributed by atoms with Gasteiger partial charge in [-0.25, -0.2) is 14.8 Å². The van der Waals surface area contributed by atoms with Crippen LogP contribution in [0.2, 0.25) is 0 Å². The van der Waals surface area contributed by atoms with Crippen molar-refractivity contribution in [3.05, 3.63) is 41.2 Å². The highest BCUT2D eigenvalue weighted by Gasteiger charge is 2.14. The van der Waals surface area contributed by atoms with E-state index in [-0.39, 0.29) is 18.1 Å². The van der Waals surface area contributed by atoms with Crippen LogP contribution in [0.25, 0.3) is 10.6 Å². The maximum Gasteiger partial charge on any atom is 0.246 e. The van der Waals surface area contributed by atoms with Gasteiger partial charge in [-0.3, -0.25) is 4.79 Å². The van der Waals surface area contributed by atoms with Crippen LogP contribution in [0, 0.1) is 11.7 Å². The van der Waals surface area contributed by atoms with Crippen LogP contribution in [0.4, 0.5) is 4.39 Å². The summed E-state index contributed by atoms with van der Waals surface area (Å²) in [6.07, 6.45) is 4.41. The molecule has 0 aliphatic heterocycles. The fourth-order valence-electron chi connectivity index (χ4n) is 2.67. The summed E-state index contributed by atoms with van der Waals surface area (Å²) in [6.45, 7) is 2.25. The van der Waals surface area contributed by atoms with Gasteiger partial charge in [0.1, 0.15) is 10.8 Å². The van der Waals surface area contributed by atoms with Crippen molar-refractivity contribution in [1.29, 1.82) is 0 Å². The summed E-state index contributed by atoms with van der Waals surface area (Å²) in [5, 5.41) is 6.88. The third kappa shape index (κ3) is 4.47. The van der Waals surface area contributed by atoms with E-state index in [4.69, 9.17) is 0 Å². The number of carbonyl (C=O) groups excluding carboxylic acids is 1. The van der Waals surface area contributed by atoms with E-state index in [0.717, 1.165) is 47.9 Å². The summed E-state index contributed by atoms with van der Waals surface area (Å²) in [4.78, 5) is 16.4. The van der Waals surface area contributed by atoms with Crippen LogP contribution in [0.3, 0.4) is 0 Å². The van der Waals surface area contributed by atoms with Crippen molar-refractivity contribution in [3.8, 4) is 10.6 Å². The molecule has 0 bridgehead atoms. The van der Waals surface area contributed by atoms with Crippen molar-refractivity contribution in [2.24, 2.45) is 11.0 Å². The number of rotatable bonds is 4. The Hall–Kier alpha value is -2.08. The Morgan fingerprint density at radius 2 is 2.04 bits per heavy atom. The SMILES string of the molecule is CC1CCC(=NNC(=O)Cc2csc(-c3ccc(F)cc3)n2)CC1. The second-order valence-electron chi connectivity index (χ2n) is 6.22. The topological polar surface area (TPSA) is 54.4 Å². The number of thiazole rings is 1. The summed E-state index contributed by atoms with van der Waals surface area (Å²) in [6, 6.07) is 6.19. The van der Waals surface area contributed by atoms with Crippen molar-refractivity contribution >= 4 is 23.0 Å². The van der Waals surface area contributed by atoms with E-state index < -0.39 is 0 Å². The number of nitrogens with zero attached hydrogens (tertiary/aromatic N) is 2. The molecular weight excluding hydrogens is 325 g/mol. The lowest BCUT2D eigenvalue weighted by atomic mass is 9.90. The summed E-state index contributed by atoms with van der Waals surface area (Å²) >= 11 is 1.45. The Bertz CT molecular complexity index is 729. The van der Waals surface area contributed by atoms with Crippen molar-refractivity contribution in [3.63, 3.8) is 0 Å². The lowest BCUT2D eigenvalue weighted by Gasteiger charge is -2.18. The average Bonchev–Trinajstić information content (AvgIpc) is 3.03. The number of hydrogen-bond donors (Lipinski definition) is 1. The number of halogens is 1. The third-order valence-corrected chi connectivity index (χ3v) is 5.11. The van der Waals surface area contributed by atoms with Gasteiger partial charge in [-0.1, -0.05) is 6.92 Å². The highest BCUT2D eigenvalue weighted by atomic mass is 32.1. The largest absolute Gasteiger partial charge is 0.273 e. The first-order valence-electron chi connectivity index (χ1n) is 8.15. The van der Waals surface area contributed by atoms with E-state index in [2.05, 4.69) is 22.4 Å². The van der Waals surface area contributed by atoms with Crippen LogP contribution in [0.1, 0.15) is 38.3 Å². The van der Waals surface area contributed by atoms with Crippen LogP contribution in [0.15, 0.2) is 34.7 Å². The smallest absolute Gasteiger partial charge is 0.246 e. The number of amides is 1. The van der Waals surface area contributed by atoms with Gasteiger partial charge in [0.25, 0.3) is 0 Å². The maximum atomic E-state index is 13.0. The van der Waals surface area contributed by atoms with Crippen LogP contribution < -0.4 is 5.43 Å². The molecule has 1 N–H and O–H groups in total. The standard InChI is InChI=1S/C18H20FN3OS/c1-12-2-8-15(9-3-12)21-22-17(23)10-16-11-24-18(20-16)13-4-6-14(19)7-5-13/h4-7,11-12H,2-3,8-10H2,1H3,(H,22,23). The second kappa shape index (κ2) is 7.66. The normalized spacial score (nSPS) is 17.6. The first-order valence-corrected chi connectivity index (χ1v) is 9.03. The van der Waals surface area contributed by atoms with Gasteiger partial charge in [0.15, 0.2) is 0 Å². The van der Waals surface area contributed by atoms with Crippen LogP contribution in [-0.4, -0.2) is 16.6 Å². The Morgan fingerprint density at radius 1 is 1.33 bits per heavy atom. The van der Waals surface area contributed by atoms with Gasteiger partial charge >= 0.3 is 0 Å². The molecule has 3 rings (SSSR count). The van der Waals surface area contributed by atoms with Crippen molar-refractivity contribution in [2.75, 3.05) is 0 Å². The lowest BCUT2D eigenvalue weighted by Crippen LogP contribution is -2.23. The molecule has 6 heteroatoms. The minimum absolute atomic E-state index is 0.155. The first kappa shape index (κ1) is 16.8. The number of hydrazone groups is 1. The molecule has 0 atom stereocenters. The predicted molar refractivity (Wildman–Crippen MR) is 94.4 cm³/mol. The van der Waals surface area contributed by atoms with Crippen LogP contribution in [0.5, 0.6) is 0 Å². The average molecular weight is 345 g/mol. The highest BCUT2D eigenvalue weighted by Crippen LogP contribution is 2.24. The molecule has 0 unspecified atom stereocenters. The van der Waals surface area contributed by atoms with Gasteiger partial charge in [-0.05, 0) is 55.9 Å². The lowest BCUT2D eigenvalue weighted by molar-refractivity contribution is -0.120. The van der Waals surface area contributed by atoms with E-state index >= 15 is 0 Å². The Morgan fingerprint density at radius 3 is 2.75 bits per heavy atom. The zero-order valence-corrected chi connectivity index (χ0v) is 14.4. The fraction of sp³-hybridized carbons (Fsp3) is 0.389. The summed E-state index contributed by atoms with van der Waals surface area (Å²) in [5.74, 6) is 0.322. The number of aromatic nitrogens is 1. The summed E-state index contributed by atoms with van der Waals surface area (Å²) in [7, 11) is 0.